The molecule has 2 rings (SSSR count). The zero-order chi connectivity index (χ0) is 17.3. The van der Waals surface area contributed by atoms with Crippen molar-refractivity contribution in [3.8, 4) is 0 Å². The van der Waals surface area contributed by atoms with Gasteiger partial charge in [0.2, 0.25) is 0 Å². The monoisotopic (exact) mass is 323 g/mol. The highest BCUT2D eigenvalue weighted by Crippen LogP contribution is 2.31. The molecule has 1 N–H and O–H groups in total. The summed E-state index contributed by atoms with van der Waals surface area (Å²) in [5, 5.41) is 7.05. The van der Waals surface area contributed by atoms with Crippen molar-refractivity contribution in [2.75, 3.05) is 27.4 Å². The molecule has 2 heterocycles. The zero-order valence-electron chi connectivity index (χ0n) is 14.4. The fourth-order valence-electron chi connectivity index (χ4n) is 2.66. The molecule has 7 heteroatoms. The lowest BCUT2D eigenvalue weighted by molar-refractivity contribution is -0.143. The Morgan fingerprint density at radius 2 is 2.17 bits per heavy atom. The molecule has 0 spiro atoms. The van der Waals surface area contributed by atoms with Crippen molar-refractivity contribution in [3.05, 3.63) is 17.5 Å². The number of rotatable bonds is 4. The molecular formula is C16H25N3O4. The second-order valence-electron chi connectivity index (χ2n) is 7.06. The van der Waals surface area contributed by atoms with Gasteiger partial charge in [0, 0.05) is 24.8 Å². The van der Waals surface area contributed by atoms with Crippen LogP contribution in [0, 0.1) is 0 Å². The normalized spacial score (nSPS) is 21.3. The first-order valence-electron chi connectivity index (χ1n) is 7.68. The van der Waals surface area contributed by atoms with E-state index in [2.05, 4.69) is 10.2 Å². The van der Waals surface area contributed by atoms with Crippen molar-refractivity contribution in [2.45, 2.75) is 44.6 Å². The Balaban J connectivity index is 2.22. The van der Waals surface area contributed by atoms with Gasteiger partial charge in [-0.25, -0.2) is 0 Å². The van der Waals surface area contributed by atoms with E-state index >= 15 is 0 Å². The molecule has 1 aliphatic heterocycles. The highest BCUT2D eigenvalue weighted by Gasteiger charge is 2.44. The van der Waals surface area contributed by atoms with E-state index in [1.807, 2.05) is 20.8 Å². The van der Waals surface area contributed by atoms with Gasteiger partial charge in [-0.3, -0.25) is 14.7 Å². The molecule has 1 aliphatic rings. The SMILES string of the molecule is COC(=O)CC1(N(C)C(=O)c2cc(C(C)(C)C)[nH]n2)CCOC1. The van der Waals surface area contributed by atoms with Crippen molar-refractivity contribution in [2.24, 2.45) is 0 Å². The van der Waals surface area contributed by atoms with Gasteiger partial charge >= 0.3 is 5.97 Å². The quantitative estimate of drug-likeness (QED) is 0.849. The van der Waals surface area contributed by atoms with Crippen LogP contribution in [-0.4, -0.2) is 59.9 Å². The molecule has 1 fully saturated rings. The van der Waals surface area contributed by atoms with Crippen LogP contribution in [0.2, 0.25) is 0 Å². The van der Waals surface area contributed by atoms with E-state index < -0.39 is 5.54 Å². The number of nitrogens with one attached hydrogen (secondary N) is 1. The number of methoxy groups -OCH3 is 1. The number of carbonyl (C=O) groups is 2. The number of hydrogen-bond acceptors (Lipinski definition) is 5. The van der Waals surface area contributed by atoms with Crippen molar-refractivity contribution in [3.63, 3.8) is 0 Å². The maximum absolute atomic E-state index is 12.8. The first kappa shape index (κ1) is 17.5. The van der Waals surface area contributed by atoms with Crippen LogP contribution < -0.4 is 0 Å². The fraction of sp³-hybridized carbons (Fsp3) is 0.688. The Hall–Kier alpha value is -1.89. The lowest BCUT2D eigenvalue weighted by Crippen LogP contribution is -2.51. The average Bonchev–Trinajstić information content (AvgIpc) is 3.14. The van der Waals surface area contributed by atoms with Crippen LogP contribution >= 0.6 is 0 Å². The molecule has 0 bridgehead atoms. The number of ether oxygens (including phenoxy) is 2. The summed E-state index contributed by atoms with van der Waals surface area (Å²) in [6.07, 6.45) is 0.711. The summed E-state index contributed by atoms with van der Waals surface area (Å²) in [4.78, 5) is 26.1. The highest BCUT2D eigenvalue weighted by atomic mass is 16.5. The molecule has 0 aliphatic carbocycles. The zero-order valence-corrected chi connectivity index (χ0v) is 14.4. The van der Waals surface area contributed by atoms with Gasteiger partial charge in [0.1, 0.15) is 5.69 Å². The predicted molar refractivity (Wildman–Crippen MR) is 84.2 cm³/mol. The van der Waals surface area contributed by atoms with E-state index in [-0.39, 0.29) is 23.7 Å². The molecule has 0 saturated carbocycles. The van der Waals surface area contributed by atoms with E-state index in [9.17, 15) is 9.59 Å². The van der Waals surface area contributed by atoms with Crippen LogP contribution in [0.1, 0.15) is 49.8 Å². The van der Waals surface area contributed by atoms with Crippen LogP contribution in [0.5, 0.6) is 0 Å². The van der Waals surface area contributed by atoms with E-state index in [1.165, 1.54) is 7.11 Å². The van der Waals surface area contributed by atoms with Gasteiger partial charge < -0.3 is 14.4 Å². The van der Waals surface area contributed by atoms with Crippen molar-refractivity contribution in [1.29, 1.82) is 0 Å². The minimum Gasteiger partial charge on any atom is -0.469 e. The molecular weight excluding hydrogens is 298 g/mol. The van der Waals surface area contributed by atoms with E-state index in [0.29, 0.717) is 25.3 Å². The van der Waals surface area contributed by atoms with Gasteiger partial charge in [-0.15, -0.1) is 0 Å². The number of carbonyl (C=O) groups excluding carboxylic acids is 2. The van der Waals surface area contributed by atoms with E-state index in [4.69, 9.17) is 9.47 Å². The van der Waals surface area contributed by atoms with Crippen LogP contribution in [0.15, 0.2) is 6.07 Å². The summed E-state index contributed by atoms with van der Waals surface area (Å²) < 4.78 is 10.2. The summed E-state index contributed by atoms with van der Waals surface area (Å²) >= 11 is 0. The molecule has 1 saturated heterocycles. The number of likely N-dealkylation sites (N-methyl/N-ethyl adjacent to an activating group) is 1. The average molecular weight is 323 g/mol. The number of hydrogen-bond donors (Lipinski definition) is 1. The van der Waals surface area contributed by atoms with Crippen molar-refractivity contribution >= 4 is 11.9 Å². The Bertz CT molecular complexity index is 582. The van der Waals surface area contributed by atoms with Gasteiger partial charge in [0.05, 0.1) is 25.7 Å². The van der Waals surface area contributed by atoms with Crippen LogP contribution in [-0.2, 0) is 19.7 Å². The van der Waals surface area contributed by atoms with E-state index in [1.54, 1.807) is 18.0 Å². The summed E-state index contributed by atoms with van der Waals surface area (Å²) in [5.41, 5.74) is 0.433. The molecule has 1 aromatic rings. The van der Waals surface area contributed by atoms with Gasteiger partial charge in [0.15, 0.2) is 0 Å². The summed E-state index contributed by atoms with van der Waals surface area (Å²) in [6.45, 7) is 6.97. The Morgan fingerprint density at radius 1 is 1.48 bits per heavy atom. The molecule has 128 valence electrons. The molecule has 1 amide bonds. The Morgan fingerprint density at radius 3 is 2.65 bits per heavy atom. The minimum atomic E-state index is -0.676. The Kier molecular flexibility index (Phi) is 4.79. The molecule has 7 nitrogen and oxygen atoms in total. The molecule has 1 atom stereocenters. The van der Waals surface area contributed by atoms with Gasteiger partial charge in [-0.2, -0.15) is 5.10 Å². The smallest absolute Gasteiger partial charge is 0.307 e. The lowest BCUT2D eigenvalue weighted by Gasteiger charge is -2.36. The topological polar surface area (TPSA) is 84.5 Å². The van der Waals surface area contributed by atoms with Gasteiger partial charge in [0.25, 0.3) is 5.91 Å². The predicted octanol–water partition coefficient (Wildman–Crippen LogP) is 1.50. The molecule has 23 heavy (non-hydrogen) atoms. The first-order chi connectivity index (χ1) is 10.7. The van der Waals surface area contributed by atoms with E-state index in [0.717, 1.165) is 5.69 Å². The standard InChI is InChI=1S/C16H25N3O4/c1-15(2,3)12-8-11(17-18-12)14(21)19(4)16(6-7-23-10-16)9-13(20)22-5/h8H,6-7,9-10H2,1-5H3,(H,17,18). The number of amides is 1. The third kappa shape index (κ3) is 3.55. The third-order valence-corrected chi connectivity index (χ3v) is 4.40. The minimum absolute atomic E-state index is 0.113. The molecule has 1 aromatic heterocycles. The summed E-state index contributed by atoms with van der Waals surface area (Å²) in [7, 11) is 3.03. The number of nitrogens with zero attached hydrogens (tertiary/aromatic N) is 2. The largest absolute Gasteiger partial charge is 0.469 e. The molecule has 0 radical (unpaired) electrons. The number of aromatic amines is 1. The first-order valence-corrected chi connectivity index (χ1v) is 7.68. The van der Waals surface area contributed by atoms with Gasteiger partial charge in [-0.05, 0) is 12.5 Å². The maximum Gasteiger partial charge on any atom is 0.307 e. The third-order valence-electron chi connectivity index (χ3n) is 4.40. The maximum atomic E-state index is 12.8. The molecule has 0 aromatic carbocycles. The molecule has 1 unspecified atom stereocenters. The fourth-order valence-corrected chi connectivity index (χ4v) is 2.66. The van der Waals surface area contributed by atoms with Crippen molar-refractivity contribution < 1.29 is 19.1 Å². The summed E-state index contributed by atoms with van der Waals surface area (Å²) in [6, 6.07) is 1.76. The lowest BCUT2D eigenvalue weighted by atomic mass is 9.91. The second kappa shape index (κ2) is 6.31. The van der Waals surface area contributed by atoms with Crippen LogP contribution in [0.25, 0.3) is 0 Å². The number of esters is 1. The highest BCUT2D eigenvalue weighted by molar-refractivity contribution is 5.93. The van der Waals surface area contributed by atoms with Gasteiger partial charge in [-0.1, -0.05) is 20.8 Å². The number of H-pyrrole nitrogens is 1. The van der Waals surface area contributed by atoms with Crippen LogP contribution in [0.4, 0.5) is 0 Å². The number of aromatic nitrogens is 2. The van der Waals surface area contributed by atoms with Crippen molar-refractivity contribution in [1.82, 2.24) is 15.1 Å². The second-order valence-corrected chi connectivity index (χ2v) is 7.06. The van der Waals surface area contributed by atoms with Crippen LogP contribution in [0.3, 0.4) is 0 Å². The summed E-state index contributed by atoms with van der Waals surface area (Å²) in [5.74, 6) is -0.585. The Labute approximate surface area is 136 Å².